The van der Waals surface area contributed by atoms with E-state index in [1.165, 1.54) is 0 Å². The molecule has 5 nitrogen and oxygen atoms in total. The van der Waals surface area contributed by atoms with Crippen molar-refractivity contribution in [2.75, 3.05) is 5.32 Å². The highest BCUT2D eigenvalue weighted by Gasteiger charge is 2.14. The summed E-state index contributed by atoms with van der Waals surface area (Å²) in [6.07, 6.45) is 0.249. The standard InChI is InChI=1S/C20H20N2O3S/c1-14-5-2-3-6-16(14)21-19(23)13-22-15(9-11-20(24)25)8-10-17(22)18-7-4-12-26-18/h2-8,10,12H,9,11,13H2,1H3,(H,21,23)(H,24,25)/p-1. The Morgan fingerprint density at radius 2 is 1.92 bits per heavy atom. The fourth-order valence-electron chi connectivity index (χ4n) is 2.83. The van der Waals surface area contributed by atoms with Crippen molar-refractivity contribution in [1.29, 1.82) is 0 Å². The van der Waals surface area contributed by atoms with Gasteiger partial charge >= 0.3 is 0 Å². The van der Waals surface area contributed by atoms with Gasteiger partial charge in [-0.05, 0) is 55.0 Å². The Morgan fingerprint density at radius 3 is 2.62 bits per heavy atom. The van der Waals surface area contributed by atoms with Crippen molar-refractivity contribution in [3.05, 3.63) is 65.2 Å². The second kappa shape index (κ2) is 8.01. The average molecular weight is 367 g/mol. The van der Waals surface area contributed by atoms with Gasteiger partial charge in [0.2, 0.25) is 5.91 Å². The van der Waals surface area contributed by atoms with E-state index in [0.29, 0.717) is 6.42 Å². The Kier molecular flexibility index (Phi) is 5.53. The molecule has 1 N–H and O–H groups in total. The highest BCUT2D eigenvalue weighted by atomic mass is 32.1. The number of nitrogens with one attached hydrogen (secondary N) is 1. The van der Waals surface area contributed by atoms with Gasteiger partial charge in [-0.3, -0.25) is 4.79 Å². The number of aryl methyl sites for hydroxylation is 2. The number of nitrogens with zero attached hydrogens (tertiary/aromatic N) is 1. The minimum Gasteiger partial charge on any atom is -0.550 e. The van der Waals surface area contributed by atoms with Crippen LogP contribution in [-0.2, 0) is 22.6 Å². The van der Waals surface area contributed by atoms with Crippen molar-refractivity contribution < 1.29 is 14.7 Å². The number of carboxylic acids is 1. The minimum absolute atomic E-state index is 0.0761. The largest absolute Gasteiger partial charge is 0.550 e. The molecule has 2 heterocycles. The summed E-state index contributed by atoms with van der Waals surface area (Å²) in [6, 6.07) is 15.3. The molecule has 0 aliphatic rings. The lowest BCUT2D eigenvalue weighted by Gasteiger charge is -2.14. The van der Waals surface area contributed by atoms with Gasteiger partial charge in [-0.1, -0.05) is 24.3 Å². The summed E-state index contributed by atoms with van der Waals surface area (Å²) < 4.78 is 1.88. The summed E-state index contributed by atoms with van der Waals surface area (Å²) in [5, 5.41) is 15.7. The monoisotopic (exact) mass is 367 g/mol. The topological polar surface area (TPSA) is 74.2 Å². The Balaban J connectivity index is 1.84. The van der Waals surface area contributed by atoms with Crippen LogP contribution in [0, 0.1) is 6.92 Å². The molecule has 0 aliphatic heterocycles. The molecule has 0 fully saturated rings. The van der Waals surface area contributed by atoms with Gasteiger partial charge in [0.15, 0.2) is 0 Å². The van der Waals surface area contributed by atoms with E-state index < -0.39 is 5.97 Å². The number of aromatic nitrogens is 1. The van der Waals surface area contributed by atoms with Gasteiger partial charge in [-0.15, -0.1) is 11.3 Å². The number of benzene rings is 1. The lowest BCUT2D eigenvalue weighted by molar-refractivity contribution is -0.305. The first-order valence-corrected chi connectivity index (χ1v) is 9.20. The number of carbonyl (C=O) groups is 2. The third-order valence-corrected chi connectivity index (χ3v) is 5.04. The van der Waals surface area contributed by atoms with Crippen molar-refractivity contribution in [1.82, 2.24) is 4.57 Å². The van der Waals surface area contributed by atoms with E-state index in [1.54, 1.807) is 11.3 Å². The Hall–Kier alpha value is -2.86. The minimum atomic E-state index is -1.10. The van der Waals surface area contributed by atoms with Gasteiger partial charge in [0, 0.05) is 17.4 Å². The summed E-state index contributed by atoms with van der Waals surface area (Å²) in [5.74, 6) is -1.25. The van der Waals surface area contributed by atoms with E-state index in [1.807, 2.05) is 65.4 Å². The molecule has 0 atom stereocenters. The fourth-order valence-corrected chi connectivity index (χ4v) is 3.59. The molecule has 0 radical (unpaired) electrons. The van der Waals surface area contributed by atoms with Crippen LogP contribution in [0.5, 0.6) is 0 Å². The molecule has 26 heavy (non-hydrogen) atoms. The van der Waals surface area contributed by atoms with Crippen molar-refractivity contribution in [3.8, 4) is 10.6 Å². The van der Waals surface area contributed by atoms with Crippen LogP contribution in [0.3, 0.4) is 0 Å². The average Bonchev–Trinajstić information content (AvgIpc) is 3.25. The van der Waals surface area contributed by atoms with Gasteiger partial charge in [-0.2, -0.15) is 0 Å². The molecular weight excluding hydrogens is 348 g/mol. The summed E-state index contributed by atoms with van der Waals surface area (Å²) in [6.45, 7) is 2.06. The quantitative estimate of drug-likeness (QED) is 0.698. The predicted octanol–water partition coefficient (Wildman–Crippen LogP) is 2.85. The molecule has 0 spiro atoms. The first-order valence-electron chi connectivity index (χ1n) is 8.32. The second-order valence-corrected chi connectivity index (χ2v) is 6.96. The molecule has 0 unspecified atom stereocenters. The maximum atomic E-state index is 12.6. The van der Waals surface area contributed by atoms with Crippen molar-refractivity contribution in [3.63, 3.8) is 0 Å². The van der Waals surface area contributed by atoms with Crippen LogP contribution in [0.1, 0.15) is 17.7 Å². The molecule has 6 heteroatoms. The SMILES string of the molecule is Cc1ccccc1NC(=O)Cn1c(CCC(=O)[O-])ccc1-c1cccs1. The van der Waals surface area contributed by atoms with Gasteiger partial charge in [-0.25, -0.2) is 0 Å². The molecule has 2 aromatic heterocycles. The zero-order valence-corrected chi connectivity index (χ0v) is 15.2. The molecular formula is C20H19N2O3S-. The number of carbonyl (C=O) groups excluding carboxylic acids is 2. The number of amides is 1. The molecule has 0 aliphatic carbocycles. The summed E-state index contributed by atoms with van der Waals surface area (Å²) >= 11 is 1.58. The van der Waals surface area contributed by atoms with Crippen molar-refractivity contribution in [2.24, 2.45) is 0 Å². The smallest absolute Gasteiger partial charge is 0.244 e. The van der Waals surface area contributed by atoms with E-state index in [9.17, 15) is 14.7 Å². The highest BCUT2D eigenvalue weighted by molar-refractivity contribution is 7.13. The zero-order valence-electron chi connectivity index (χ0n) is 14.4. The molecule has 0 saturated heterocycles. The Bertz CT molecular complexity index is 913. The summed E-state index contributed by atoms with van der Waals surface area (Å²) in [7, 11) is 0. The molecule has 0 bridgehead atoms. The van der Waals surface area contributed by atoms with E-state index >= 15 is 0 Å². The number of aliphatic carboxylic acids is 1. The highest BCUT2D eigenvalue weighted by Crippen LogP contribution is 2.27. The van der Waals surface area contributed by atoms with Gasteiger partial charge in [0.05, 0.1) is 10.6 Å². The number of anilines is 1. The lowest BCUT2D eigenvalue weighted by atomic mass is 10.2. The Morgan fingerprint density at radius 1 is 1.12 bits per heavy atom. The third-order valence-electron chi connectivity index (χ3n) is 4.15. The third kappa shape index (κ3) is 4.21. The maximum absolute atomic E-state index is 12.6. The first-order chi connectivity index (χ1) is 12.5. The molecule has 1 aromatic carbocycles. The van der Waals surface area contributed by atoms with Crippen LogP contribution in [-0.4, -0.2) is 16.4 Å². The van der Waals surface area contributed by atoms with Crippen LogP contribution in [0.2, 0.25) is 0 Å². The molecule has 134 valence electrons. The fraction of sp³-hybridized carbons (Fsp3) is 0.200. The van der Waals surface area contributed by atoms with Gasteiger partial charge in [0.1, 0.15) is 6.54 Å². The number of carboxylic acid groups (broad SMARTS) is 1. The van der Waals surface area contributed by atoms with Crippen LogP contribution in [0.15, 0.2) is 53.9 Å². The number of hydrogen-bond donors (Lipinski definition) is 1. The van der Waals surface area contributed by atoms with Crippen LogP contribution in [0.4, 0.5) is 5.69 Å². The molecule has 3 rings (SSSR count). The molecule has 3 aromatic rings. The van der Waals surface area contributed by atoms with Crippen LogP contribution >= 0.6 is 11.3 Å². The van der Waals surface area contributed by atoms with E-state index in [2.05, 4.69) is 5.32 Å². The normalized spacial score (nSPS) is 10.7. The number of para-hydroxylation sites is 1. The van der Waals surface area contributed by atoms with E-state index in [0.717, 1.165) is 27.5 Å². The molecule has 1 amide bonds. The maximum Gasteiger partial charge on any atom is 0.244 e. The van der Waals surface area contributed by atoms with Gasteiger partial charge in [0.25, 0.3) is 0 Å². The first kappa shape index (κ1) is 17.9. The predicted molar refractivity (Wildman–Crippen MR) is 101 cm³/mol. The Labute approximate surface area is 155 Å². The number of thiophene rings is 1. The second-order valence-electron chi connectivity index (χ2n) is 6.01. The van der Waals surface area contributed by atoms with E-state index in [-0.39, 0.29) is 18.9 Å². The zero-order chi connectivity index (χ0) is 18.5. The number of rotatable bonds is 7. The van der Waals surface area contributed by atoms with Crippen molar-refractivity contribution >= 4 is 28.9 Å². The van der Waals surface area contributed by atoms with Crippen LogP contribution < -0.4 is 10.4 Å². The lowest BCUT2D eigenvalue weighted by Crippen LogP contribution is -2.24. The van der Waals surface area contributed by atoms with Gasteiger partial charge < -0.3 is 19.8 Å². The summed E-state index contributed by atoms with van der Waals surface area (Å²) in [4.78, 5) is 24.4. The van der Waals surface area contributed by atoms with E-state index in [4.69, 9.17) is 0 Å². The molecule has 0 saturated carbocycles. The summed E-state index contributed by atoms with van der Waals surface area (Å²) in [5.41, 5.74) is 3.48. The van der Waals surface area contributed by atoms with Crippen molar-refractivity contribution in [2.45, 2.75) is 26.3 Å². The number of hydrogen-bond acceptors (Lipinski definition) is 4. The van der Waals surface area contributed by atoms with Crippen LogP contribution in [0.25, 0.3) is 10.6 Å².